The highest BCUT2D eigenvalue weighted by atomic mass is 19.1. The van der Waals surface area contributed by atoms with Gasteiger partial charge in [-0.25, -0.2) is 14.4 Å². The number of rotatable bonds is 6. The van der Waals surface area contributed by atoms with Crippen molar-refractivity contribution >= 4 is 5.82 Å². The zero-order chi connectivity index (χ0) is 22.8. The highest BCUT2D eigenvalue weighted by Crippen LogP contribution is 2.30. The Labute approximate surface area is 183 Å². The van der Waals surface area contributed by atoms with Crippen molar-refractivity contribution in [3.8, 4) is 34.0 Å². The van der Waals surface area contributed by atoms with Crippen LogP contribution in [0.5, 0.6) is 0 Å². The average Bonchev–Trinajstić information content (AvgIpc) is 3.29. The summed E-state index contributed by atoms with van der Waals surface area (Å²) in [7, 11) is 0. The van der Waals surface area contributed by atoms with Crippen LogP contribution in [0.4, 0.5) is 10.2 Å². The molecule has 0 fully saturated rings. The van der Waals surface area contributed by atoms with Gasteiger partial charge in [-0.3, -0.25) is 4.79 Å². The number of hydrogen-bond acceptors (Lipinski definition) is 7. The highest BCUT2D eigenvalue weighted by Gasteiger charge is 2.16. The summed E-state index contributed by atoms with van der Waals surface area (Å²) in [6, 6.07) is 11.4. The van der Waals surface area contributed by atoms with E-state index >= 15 is 0 Å². The molecule has 0 amide bonds. The van der Waals surface area contributed by atoms with Crippen LogP contribution in [-0.2, 0) is 0 Å². The first-order valence-corrected chi connectivity index (χ1v) is 10.1. The van der Waals surface area contributed by atoms with Crippen LogP contribution >= 0.6 is 0 Å². The van der Waals surface area contributed by atoms with Crippen molar-refractivity contribution in [2.75, 3.05) is 12.4 Å². The number of halogens is 1. The number of pyridine rings is 1. The number of hydrogen-bond donors (Lipinski definition) is 2. The second-order valence-electron chi connectivity index (χ2n) is 7.71. The molecule has 0 saturated carbocycles. The van der Waals surface area contributed by atoms with Crippen molar-refractivity contribution in [3.63, 3.8) is 0 Å². The molecule has 0 saturated heterocycles. The van der Waals surface area contributed by atoms with Crippen LogP contribution in [0.3, 0.4) is 0 Å². The van der Waals surface area contributed by atoms with Crippen molar-refractivity contribution in [1.82, 2.24) is 19.7 Å². The zero-order valence-corrected chi connectivity index (χ0v) is 17.7. The van der Waals surface area contributed by atoms with Gasteiger partial charge in [0.25, 0.3) is 5.56 Å². The molecule has 0 aliphatic carbocycles. The quantitative estimate of drug-likeness (QED) is 0.473. The first-order chi connectivity index (χ1) is 15.4. The molecule has 4 rings (SSSR count). The Bertz CT molecular complexity index is 1300. The monoisotopic (exact) mass is 434 g/mol. The van der Waals surface area contributed by atoms with E-state index in [0.29, 0.717) is 28.4 Å². The molecule has 3 heterocycles. The lowest BCUT2D eigenvalue weighted by atomic mass is 10.0. The van der Waals surface area contributed by atoms with Crippen molar-refractivity contribution in [1.29, 1.82) is 0 Å². The topological polar surface area (TPSA) is 126 Å². The van der Waals surface area contributed by atoms with Crippen LogP contribution in [0.2, 0.25) is 0 Å². The molecule has 1 unspecified atom stereocenters. The summed E-state index contributed by atoms with van der Waals surface area (Å²) >= 11 is 0. The number of nitrogens with two attached hydrogens (primary N) is 2. The second kappa shape index (κ2) is 8.72. The third-order valence-corrected chi connectivity index (χ3v) is 5.14. The van der Waals surface area contributed by atoms with E-state index in [2.05, 4.69) is 15.1 Å². The Morgan fingerprint density at radius 2 is 1.81 bits per heavy atom. The number of anilines is 1. The third-order valence-electron chi connectivity index (χ3n) is 5.14. The first-order valence-electron chi connectivity index (χ1n) is 10.1. The minimum Gasteiger partial charge on any atom is -0.382 e. The molecule has 1 aromatic carbocycles. The first kappa shape index (κ1) is 21.4. The van der Waals surface area contributed by atoms with Gasteiger partial charge in [-0.1, -0.05) is 29.4 Å². The maximum Gasteiger partial charge on any atom is 0.250 e. The molecule has 3 aromatic heterocycles. The molecule has 0 spiro atoms. The van der Waals surface area contributed by atoms with Crippen molar-refractivity contribution in [3.05, 3.63) is 70.8 Å². The predicted molar refractivity (Wildman–Crippen MR) is 120 cm³/mol. The Morgan fingerprint density at radius 3 is 2.50 bits per heavy atom. The van der Waals surface area contributed by atoms with Gasteiger partial charge in [-0.05, 0) is 25.5 Å². The predicted octanol–water partition coefficient (Wildman–Crippen LogP) is 3.76. The summed E-state index contributed by atoms with van der Waals surface area (Å²) in [5.74, 6) is 0.548. The summed E-state index contributed by atoms with van der Waals surface area (Å²) in [6.07, 6.45) is 3.29. The number of aromatic nitrogens is 4. The summed E-state index contributed by atoms with van der Waals surface area (Å²) in [4.78, 5) is 20.9. The summed E-state index contributed by atoms with van der Waals surface area (Å²) in [6.45, 7) is 3.23. The molecule has 0 aliphatic heterocycles. The van der Waals surface area contributed by atoms with E-state index in [-0.39, 0.29) is 17.4 Å². The highest BCUT2D eigenvalue weighted by molar-refractivity contribution is 5.72. The van der Waals surface area contributed by atoms with Crippen LogP contribution < -0.4 is 17.0 Å². The number of nitrogens with zero attached hydrogens (tertiary/aromatic N) is 4. The Morgan fingerprint density at radius 1 is 1.09 bits per heavy atom. The molecule has 0 bridgehead atoms. The van der Waals surface area contributed by atoms with Gasteiger partial charge in [0.15, 0.2) is 17.3 Å². The van der Waals surface area contributed by atoms with E-state index in [0.717, 1.165) is 11.1 Å². The van der Waals surface area contributed by atoms with E-state index in [4.69, 9.17) is 16.0 Å². The SMILES string of the molecule is CC(C)n1cc(-c2cnc(N)c(-c3cc(-c4ccc(C(N)CF)cc4)no3)n2)ccc1=O. The van der Waals surface area contributed by atoms with Crippen LogP contribution in [0.15, 0.2) is 64.2 Å². The number of alkyl halides is 1. The van der Waals surface area contributed by atoms with Gasteiger partial charge in [0.1, 0.15) is 12.4 Å². The lowest BCUT2D eigenvalue weighted by Gasteiger charge is -2.11. The Balaban J connectivity index is 1.68. The van der Waals surface area contributed by atoms with E-state index in [1.807, 2.05) is 13.8 Å². The van der Waals surface area contributed by atoms with E-state index in [1.165, 1.54) is 6.07 Å². The molecule has 0 aliphatic rings. The molecule has 32 heavy (non-hydrogen) atoms. The van der Waals surface area contributed by atoms with Crippen LogP contribution in [0.25, 0.3) is 34.0 Å². The summed E-state index contributed by atoms with van der Waals surface area (Å²) < 4.78 is 19.9. The van der Waals surface area contributed by atoms with Gasteiger partial charge in [0.05, 0.1) is 17.9 Å². The van der Waals surface area contributed by atoms with E-state index in [9.17, 15) is 9.18 Å². The van der Waals surface area contributed by atoms with E-state index in [1.54, 1.807) is 53.4 Å². The molecule has 4 N–H and O–H groups in total. The molecule has 8 nitrogen and oxygen atoms in total. The summed E-state index contributed by atoms with van der Waals surface area (Å²) in [5, 5.41) is 4.10. The molecule has 9 heteroatoms. The normalized spacial score (nSPS) is 12.3. The maximum atomic E-state index is 12.8. The van der Waals surface area contributed by atoms with Gasteiger partial charge < -0.3 is 20.6 Å². The fourth-order valence-corrected chi connectivity index (χ4v) is 3.29. The minimum absolute atomic E-state index is 0.00587. The van der Waals surface area contributed by atoms with Crippen molar-refractivity contribution in [2.45, 2.75) is 25.9 Å². The van der Waals surface area contributed by atoms with Gasteiger partial charge in [-0.2, -0.15) is 0 Å². The lowest BCUT2D eigenvalue weighted by Crippen LogP contribution is -2.20. The number of benzene rings is 1. The Hall–Kier alpha value is -3.85. The van der Waals surface area contributed by atoms with Crippen molar-refractivity contribution < 1.29 is 8.91 Å². The smallest absolute Gasteiger partial charge is 0.250 e. The minimum atomic E-state index is -0.653. The van der Waals surface area contributed by atoms with Crippen LogP contribution in [-0.4, -0.2) is 26.4 Å². The van der Waals surface area contributed by atoms with Gasteiger partial charge in [-0.15, -0.1) is 0 Å². The standard InChI is InChI=1S/C23H23FN6O2/c1-13(2)30-12-16(7-8-21(30)31)19-11-27-23(26)22(28-19)20-9-18(29-32-20)15-5-3-14(4-6-15)17(25)10-24/h3-9,11-13,17H,10,25H2,1-2H3,(H2,26,27). The second-order valence-corrected chi connectivity index (χ2v) is 7.71. The zero-order valence-electron chi connectivity index (χ0n) is 17.7. The summed E-state index contributed by atoms with van der Waals surface area (Å²) in [5.41, 5.74) is 15.4. The van der Waals surface area contributed by atoms with Gasteiger partial charge >= 0.3 is 0 Å². The lowest BCUT2D eigenvalue weighted by molar-refractivity contribution is 0.433. The molecule has 164 valence electrons. The maximum absolute atomic E-state index is 12.8. The molecule has 1 atom stereocenters. The fraction of sp³-hybridized carbons (Fsp3) is 0.217. The van der Waals surface area contributed by atoms with Crippen LogP contribution in [0.1, 0.15) is 31.5 Å². The number of nitrogen functional groups attached to an aromatic ring is 1. The largest absolute Gasteiger partial charge is 0.382 e. The molecule has 4 aromatic rings. The third kappa shape index (κ3) is 4.15. The van der Waals surface area contributed by atoms with E-state index < -0.39 is 12.7 Å². The molecular formula is C23H23FN6O2. The van der Waals surface area contributed by atoms with Crippen LogP contribution in [0, 0.1) is 0 Å². The average molecular weight is 434 g/mol. The van der Waals surface area contributed by atoms with Gasteiger partial charge in [0.2, 0.25) is 0 Å². The molecular weight excluding hydrogens is 411 g/mol. The van der Waals surface area contributed by atoms with Crippen molar-refractivity contribution in [2.24, 2.45) is 5.73 Å². The fourth-order valence-electron chi connectivity index (χ4n) is 3.29. The van der Waals surface area contributed by atoms with Gasteiger partial charge in [0, 0.05) is 35.5 Å². The Kier molecular flexibility index (Phi) is 5.83. The molecule has 0 radical (unpaired) electrons.